The molecule has 0 amide bonds. The molecule has 0 unspecified atom stereocenters. The Morgan fingerprint density at radius 2 is 1.72 bits per heavy atom. The highest BCUT2D eigenvalue weighted by molar-refractivity contribution is 5.89. The molecule has 1 aliphatic rings. The second-order valence-corrected chi connectivity index (χ2v) is 4.41. The zero-order valence-electron chi connectivity index (χ0n) is 9.87. The summed E-state index contributed by atoms with van der Waals surface area (Å²) in [6, 6.07) is 0. The fourth-order valence-electron chi connectivity index (χ4n) is 2.38. The number of aliphatic hydroxyl groups is 2. The van der Waals surface area contributed by atoms with Crippen LogP contribution in [0.5, 0.6) is 0 Å². The van der Waals surface area contributed by atoms with E-state index in [-0.39, 0.29) is 0 Å². The van der Waals surface area contributed by atoms with Gasteiger partial charge in [0.25, 0.3) is 0 Å². The maximum atomic E-state index is 11.6. The SMILES string of the molecule is NOC(=O)[C@H](O)[C@@](O)(C(=O)ON)C1CCCCC1. The highest BCUT2D eigenvalue weighted by Crippen LogP contribution is 2.35. The molecule has 0 aliphatic heterocycles. The van der Waals surface area contributed by atoms with Crippen molar-refractivity contribution >= 4 is 11.9 Å². The molecule has 8 nitrogen and oxygen atoms in total. The first-order valence-corrected chi connectivity index (χ1v) is 5.70. The third-order valence-corrected chi connectivity index (χ3v) is 3.42. The van der Waals surface area contributed by atoms with Crippen LogP contribution in [0.25, 0.3) is 0 Å². The molecule has 2 atom stereocenters. The van der Waals surface area contributed by atoms with Gasteiger partial charge in [0.15, 0.2) is 6.10 Å². The summed E-state index contributed by atoms with van der Waals surface area (Å²) < 4.78 is 0. The average Bonchev–Trinajstić information content (AvgIpc) is 2.44. The molecule has 0 saturated heterocycles. The van der Waals surface area contributed by atoms with Crippen molar-refractivity contribution in [2.75, 3.05) is 0 Å². The standard InChI is InChI=1S/C10H18N2O6/c11-17-8(14)7(13)10(16,9(15)18-12)6-4-2-1-3-5-6/h6-7,13,16H,1-5,11-12H2/t7-,10+/m0/s1. The van der Waals surface area contributed by atoms with E-state index >= 15 is 0 Å². The van der Waals surface area contributed by atoms with Gasteiger partial charge >= 0.3 is 11.9 Å². The quantitative estimate of drug-likeness (QED) is 0.447. The largest absolute Gasteiger partial charge is 0.378 e. The number of carbonyl (C=O) groups excluding carboxylic acids is 2. The minimum atomic E-state index is -2.42. The molecule has 0 radical (unpaired) electrons. The molecule has 0 spiro atoms. The summed E-state index contributed by atoms with van der Waals surface area (Å²) in [4.78, 5) is 30.6. The Hall–Kier alpha value is -1.22. The lowest BCUT2D eigenvalue weighted by atomic mass is 9.74. The van der Waals surface area contributed by atoms with E-state index in [0.29, 0.717) is 12.8 Å². The third-order valence-electron chi connectivity index (χ3n) is 3.42. The molecule has 6 N–H and O–H groups in total. The van der Waals surface area contributed by atoms with Gasteiger partial charge in [-0.1, -0.05) is 19.3 Å². The summed E-state index contributed by atoms with van der Waals surface area (Å²) in [6.45, 7) is 0. The molecular weight excluding hydrogens is 244 g/mol. The van der Waals surface area contributed by atoms with Crippen LogP contribution in [0.4, 0.5) is 0 Å². The molecule has 8 heteroatoms. The van der Waals surface area contributed by atoms with E-state index in [1.165, 1.54) is 0 Å². The van der Waals surface area contributed by atoms with Gasteiger partial charge in [-0.2, -0.15) is 11.8 Å². The molecule has 0 aromatic rings. The zero-order chi connectivity index (χ0) is 13.8. The summed E-state index contributed by atoms with van der Waals surface area (Å²) in [5, 5.41) is 20.0. The number of aliphatic hydroxyl groups excluding tert-OH is 1. The summed E-state index contributed by atoms with van der Waals surface area (Å²) >= 11 is 0. The van der Waals surface area contributed by atoms with Crippen LogP contribution in [-0.4, -0.2) is 33.9 Å². The lowest BCUT2D eigenvalue weighted by molar-refractivity contribution is -0.202. The average molecular weight is 262 g/mol. The Kier molecular flexibility index (Phi) is 5.03. The van der Waals surface area contributed by atoms with Crippen LogP contribution < -0.4 is 11.8 Å². The van der Waals surface area contributed by atoms with Gasteiger partial charge in [0.2, 0.25) is 5.60 Å². The lowest BCUT2D eigenvalue weighted by Gasteiger charge is -2.37. The molecule has 1 rings (SSSR count). The van der Waals surface area contributed by atoms with Crippen LogP contribution in [0.15, 0.2) is 0 Å². The molecular formula is C10H18N2O6. The molecule has 0 bridgehead atoms. The van der Waals surface area contributed by atoms with Crippen LogP contribution in [0.2, 0.25) is 0 Å². The van der Waals surface area contributed by atoms with Crippen molar-refractivity contribution in [2.24, 2.45) is 17.7 Å². The smallest absolute Gasteiger partial charge is 0.360 e. The normalized spacial score (nSPS) is 21.8. The molecule has 104 valence electrons. The van der Waals surface area contributed by atoms with Crippen molar-refractivity contribution < 1.29 is 29.5 Å². The van der Waals surface area contributed by atoms with E-state index in [9.17, 15) is 19.8 Å². The van der Waals surface area contributed by atoms with Crippen LogP contribution >= 0.6 is 0 Å². The first kappa shape index (κ1) is 14.8. The van der Waals surface area contributed by atoms with Gasteiger partial charge in [-0.05, 0) is 12.8 Å². The van der Waals surface area contributed by atoms with Gasteiger partial charge in [-0.15, -0.1) is 0 Å². The first-order valence-electron chi connectivity index (χ1n) is 5.70. The highest BCUT2D eigenvalue weighted by atomic mass is 16.7. The molecule has 1 saturated carbocycles. The Bertz CT molecular complexity index is 317. The molecule has 0 aromatic heterocycles. The van der Waals surface area contributed by atoms with Gasteiger partial charge in [-0.3, -0.25) is 0 Å². The monoisotopic (exact) mass is 262 g/mol. The van der Waals surface area contributed by atoms with E-state index in [1.807, 2.05) is 0 Å². The van der Waals surface area contributed by atoms with Crippen molar-refractivity contribution in [3.63, 3.8) is 0 Å². The molecule has 0 heterocycles. The fourth-order valence-corrected chi connectivity index (χ4v) is 2.38. The lowest BCUT2D eigenvalue weighted by Crippen LogP contribution is -2.60. The van der Waals surface area contributed by atoms with E-state index in [0.717, 1.165) is 19.3 Å². The van der Waals surface area contributed by atoms with Gasteiger partial charge in [0.05, 0.1) is 0 Å². The second kappa shape index (κ2) is 6.10. The van der Waals surface area contributed by atoms with Crippen molar-refractivity contribution in [1.82, 2.24) is 0 Å². The van der Waals surface area contributed by atoms with Crippen LogP contribution in [0.1, 0.15) is 32.1 Å². The van der Waals surface area contributed by atoms with Gasteiger partial charge < -0.3 is 19.9 Å². The zero-order valence-corrected chi connectivity index (χ0v) is 9.87. The summed E-state index contributed by atoms with van der Waals surface area (Å²) in [6.07, 6.45) is 1.33. The second-order valence-electron chi connectivity index (χ2n) is 4.41. The highest BCUT2D eigenvalue weighted by Gasteiger charge is 2.55. The summed E-state index contributed by atoms with van der Waals surface area (Å²) in [7, 11) is 0. The van der Waals surface area contributed by atoms with Crippen LogP contribution in [0, 0.1) is 5.92 Å². The fraction of sp³-hybridized carbons (Fsp3) is 0.800. The minimum Gasteiger partial charge on any atom is -0.378 e. The first-order chi connectivity index (χ1) is 8.48. The van der Waals surface area contributed by atoms with E-state index < -0.39 is 29.6 Å². The van der Waals surface area contributed by atoms with Crippen LogP contribution in [0.3, 0.4) is 0 Å². The maximum absolute atomic E-state index is 11.6. The van der Waals surface area contributed by atoms with Gasteiger partial charge in [0, 0.05) is 5.92 Å². The Balaban J connectivity index is 3.00. The number of carbonyl (C=O) groups is 2. The topological polar surface area (TPSA) is 145 Å². The maximum Gasteiger partial charge on any atom is 0.360 e. The van der Waals surface area contributed by atoms with Crippen molar-refractivity contribution in [3.05, 3.63) is 0 Å². The van der Waals surface area contributed by atoms with Gasteiger partial charge in [-0.25, -0.2) is 9.59 Å². The Morgan fingerprint density at radius 3 is 2.17 bits per heavy atom. The van der Waals surface area contributed by atoms with E-state index in [2.05, 4.69) is 15.6 Å². The predicted molar refractivity (Wildman–Crippen MR) is 58.1 cm³/mol. The number of hydrogen-bond acceptors (Lipinski definition) is 8. The number of nitrogens with two attached hydrogens (primary N) is 2. The minimum absolute atomic E-state index is 0.473. The van der Waals surface area contributed by atoms with E-state index in [1.54, 1.807) is 0 Å². The number of rotatable bonds is 4. The van der Waals surface area contributed by atoms with Crippen LogP contribution in [-0.2, 0) is 19.3 Å². The molecule has 1 fully saturated rings. The predicted octanol–water partition coefficient (Wildman–Crippen LogP) is -1.51. The number of hydrogen-bond donors (Lipinski definition) is 4. The Labute approximate surface area is 104 Å². The molecule has 1 aliphatic carbocycles. The molecule has 0 aromatic carbocycles. The molecule has 18 heavy (non-hydrogen) atoms. The Morgan fingerprint density at radius 1 is 1.17 bits per heavy atom. The van der Waals surface area contributed by atoms with Crippen molar-refractivity contribution in [2.45, 2.75) is 43.8 Å². The van der Waals surface area contributed by atoms with Crippen molar-refractivity contribution in [1.29, 1.82) is 0 Å². The van der Waals surface area contributed by atoms with E-state index in [4.69, 9.17) is 5.90 Å². The summed E-state index contributed by atoms with van der Waals surface area (Å²) in [5.41, 5.74) is -2.42. The van der Waals surface area contributed by atoms with Crippen molar-refractivity contribution in [3.8, 4) is 0 Å². The third kappa shape index (κ3) is 2.61. The van der Waals surface area contributed by atoms with Gasteiger partial charge in [0.1, 0.15) is 0 Å². The summed E-state index contributed by atoms with van der Waals surface area (Å²) in [5.74, 6) is 6.17.